The molecule has 0 radical (unpaired) electrons. The van der Waals surface area contributed by atoms with E-state index in [1.807, 2.05) is 18.4 Å². The molecule has 1 N–H and O–H groups in total. The molecule has 0 saturated carbocycles. The zero-order chi connectivity index (χ0) is 8.10. The van der Waals surface area contributed by atoms with Crippen molar-refractivity contribution in [3.63, 3.8) is 0 Å². The molecule has 0 unspecified atom stereocenters. The van der Waals surface area contributed by atoms with Crippen molar-refractivity contribution < 1.29 is 34.7 Å². The van der Waals surface area contributed by atoms with Crippen LogP contribution in [0, 0.1) is 17.6 Å². The predicted octanol–water partition coefficient (Wildman–Crippen LogP) is -1.08. The molecular formula is C9H6NNaO. The molecule has 0 aliphatic carbocycles. The van der Waals surface area contributed by atoms with Crippen molar-refractivity contribution in [3.8, 4) is 6.07 Å². The van der Waals surface area contributed by atoms with Gasteiger partial charge >= 0.3 is 29.6 Å². The minimum atomic E-state index is 0. The van der Waals surface area contributed by atoms with Gasteiger partial charge in [-0.2, -0.15) is 0 Å². The normalized spacial score (nSPS) is 9.75. The van der Waals surface area contributed by atoms with E-state index in [4.69, 9.17) is 10.4 Å². The van der Waals surface area contributed by atoms with E-state index in [0.717, 1.165) is 0 Å². The third kappa shape index (κ3) is 2.71. The molecular weight excluding hydrogens is 161 g/mol. The van der Waals surface area contributed by atoms with Gasteiger partial charge in [-0.25, -0.2) is 0 Å². The van der Waals surface area contributed by atoms with E-state index in [1.165, 1.54) is 0 Å². The van der Waals surface area contributed by atoms with Gasteiger partial charge in [0.2, 0.25) is 0 Å². The van der Waals surface area contributed by atoms with Crippen molar-refractivity contribution >= 4 is 5.57 Å². The quantitative estimate of drug-likeness (QED) is 0.250. The van der Waals surface area contributed by atoms with Crippen LogP contribution in [-0.4, -0.2) is 5.11 Å². The topological polar surface area (TPSA) is 44.0 Å². The first kappa shape index (κ1) is 11.2. The van der Waals surface area contributed by atoms with Gasteiger partial charge in [-0.05, 0) is 0 Å². The number of benzene rings is 1. The van der Waals surface area contributed by atoms with Crippen molar-refractivity contribution in [1.82, 2.24) is 0 Å². The van der Waals surface area contributed by atoms with Gasteiger partial charge in [-0.1, -0.05) is 29.8 Å². The minimum absolute atomic E-state index is 0. The van der Waals surface area contributed by atoms with Crippen LogP contribution in [0.2, 0.25) is 0 Å². The Labute approximate surface area is 93.4 Å². The first-order valence-corrected chi connectivity index (χ1v) is 3.11. The van der Waals surface area contributed by atoms with Crippen LogP contribution in [0.1, 0.15) is 5.56 Å². The summed E-state index contributed by atoms with van der Waals surface area (Å²) in [6.07, 6.45) is 1.82. The van der Waals surface area contributed by atoms with Crippen LogP contribution >= 0.6 is 0 Å². The van der Waals surface area contributed by atoms with Crippen LogP contribution in [0.25, 0.3) is 5.57 Å². The van der Waals surface area contributed by atoms with Crippen molar-refractivity contribution in [1.29, 1.82) is 5.26 Å². The molecule has 0 atom stereocenters. The molecule has 1 rings (SSSR count). The SMILES string of the molecule is N#CC(=[C-]O)c1ccccc1.[Na+]. The maximum absolute atomic E-state index is 8.47. The Morgan fingerprint density at radius 2 is 1.92 bits per heavy atom. The van der Waals surface area contributed by atoms with Gasteiger partial charge in [0.25, 0.3) is 0 Å². The summed E-state index contributed by atoms with van der Waals surface area (Å²) in [4.78, 5) is 0. The summed E-state index contributed by atoms with van der Waals surface area (Å²) in [5, 5.41) is 16.9. The van der Waals surface area contributed by atoms with Crippen molar-refractivity contribution in [2.45, 2.75) is 0 Å². The Balaban J connectivity index is 0.00000121. The summed E-state index contributed by atoms with van der Waals surface area (Å²) < 4.78 is 0. The fourth-order valence-corrected chi connectivity index (χ4v) is 0.759. The largest absolute Gasteiger partial charge is 1.00 e. The Hall–Kier alpha value is -0.750. The van der Waals surface area contributed by atoms with Gasteiger partial charge in [0.15, 0.2) is 0 Å². The number of aliphatic hydroxyl groups excluding tert-OH is 1. The first-order chi connectivity index (χ1) is 5.38. The summed E-state index contributed by atoms with van der Waals surface area (Å²) in [6.45, 7) is 0. The van der Waals surface area contributed by atoms with E-state index in [1.54, 1.807) is 24.3 Å². The van der Waals surface area contributed by atoms with E-state index >= 15 is 0 Å². The zero-order valence-electron chi connectivity index (χ0n) is 6.78. The van der Waals surface area contributed by atoms with Crippen LogP contribution in [-0.2, 0) is 0 Å². The van der Waals surface area contributed by atoms with Gasteiger partial charge in [0, 0.05) is 6.26 Å². The molecule has 2 nitrogen and oxygen atoms in total. The molecule has 3 heteroatoms. The minimum Gasteiger partial charge on any atom is -0.573 e. The van der Waals surface area contributed by atoms with E-state index in [0.29, 0.717) is 5.56 Å². The fourth-order valence-electron chi connectivity index (χ4n) is 0.759. The molecule has 0 amide bonds. The summed E-state index contributed by atoms with van der Waals surface area (Å²) in [5.74, 6) is 0. The van der Waals surface area contributed by atoms with Crippen LogP contribution in [0.5, 0.6) is 0 Å². The third-order valence-electron chi connectivity index (χ3n) is 1.29. The average molecular weight is 167 g/mol. The number of hydrogen-bond donors (Lipinski definition) is 1. The number of nitriles is 1. The predicted molar refractivity (Wildman–Crippen MR) is 41.3 cm³/mol. The second kappa shape index (κ2) is 5.84. The van der Waals surface area contributed by atoms with Gasteiger partial charge in [-0.3, -0.25) is 5.26 Å². The summed E-state index contributed by atoms with van der Waals surface area (Å²) in [6, 6.07) is 10.7. The third-order valence-corrected chi connectivity index (χ3v) is 1.29. The molecule has 12 heavy (non-hydrogen) atoms. The second-order valence-corrected chi connectivity index (χ2v) is 1.96. The molecule has 0 bridgehead atoms. The number of allylic oxidation sites excluding steroid dienone is 1. The molecule has 0 heterocycles. The van der Waals surface area contributed by atoms with E-state index < -0.39 is 0 Å². The summed E-state index contributed by atoms with van der Waals surface area (Å²) in [7, 11) is 0. The van der Waals surface area contributed by atoms with E-state index in [2.05, 4.69) is 0 Å². The number of nitrogens with zero attached hydrogens (tertiary/aromatic N) is 1. The summed E-state index contributed by atoms with van der Waals surface area (Å²) in [5.41, 5.74) is 0.836. The zero-order valence-corrected chi connectivity index (χ0v) is 8.78. The smallest absolute Gasteiger partial charge is 0.573 e. The van der Waals surface area contributed by atoms with Crippen LogP contribution in [0.15, 0.2) is 30.3 Å². The Morgan fingerprint density at radius 3 is 2.33 bits per heavy atom. The molecule has 54 valence electrons. The maximum atomic E-state index is 8.47. The van der Waals surface area contributed by atoms with E-state index in [9.17, 15) is 0 Å². The number of aliphatic hydroxyl groups is 1. The number of rotatable bonds is 1. The van der Waals surface area contributed by atoms with Gasteiger partial charge < -0.3 is 5.11 Å². The molecule has 1 aromatic rings. The Morgan fingerprint density at radius 1 is 1.33 bits per heavy atom. The van der Waals surface area contributed by atoms with Gasteiger partial charge in [-0.15, -0.1) is 17.7 Å². The molecule has 0 spiro atoms. The maximum Gasteiger partial charge on any atom is 1.00 e. The van der Waals surface area contributed by atoms with E-state index in [-0.39, 0.29) is 35.1 Å². The molecule has 0 fully saturated rings. The molecule has 0 aliphatic heterocycles. The fraction of sp³-hybridized carbons (Fsp3) is 0. The average Bonchev–Trinajstić information content (AvgIpc) is 2.09. The monoisotopic (exact) mass is 167 g/mol. The molecule has 1 aromatic carbocycles. The molecule has 0 saturated heterocycles. The molecule has 0 aromatic heterocycles. The molecule has 0 aliphatic rings. The van der Waals surface area contributed by atoms with Gasteiger partial charge in [0.1, 0.15) is 0 Å². The Bertz CT molecular complexity index is 300. The second-order valence-electron chi connectivity index (χ2n) is 1.96. The summed E-state index contributed by atoms with van der Waals surface area (Å²) >= 11 is 0. The van der Waals surface area contributed by atoms with Crippen LogP contribution < -0.4 is 29.6 Å². The number of hydrogen-bond acceptors (Lipinski definition) is 2. The first-order valence-electron chi connectivity index (χ1n) is 3.11. The Kier molecular flexibility index (Phi) is 5.48. The van der Waals surface area contributed by atoms with Crippen molar-refractivity contribution in [3.05, 3.63) is 42.2 Å². The van der Waals surface area contributed by atoms with Gasteiger partial charge in [0.05, 0.1) is 0 Å². The van der Waals surface area contributed by atoms with Crippen LogP contribution in [0.3, 0.4) is 0 Å². The van der Waals surface area contributed by atoms with Crippen LogP contribution in [0.4, 0.5) is 0 Å². The standard InChI is InChI=1S/C9H6NO.Na/c10-6-9(7-11)8-4-2-1-3-5-8;/h1-5,11H;/q-1;+1. The van der Waals surface area contributed by atoms with Crippen molar-refractivity contribution in [2.24, 2.45) is 0 Å². The van der Waals surface area contributed by atoms with Crippen molar-refractivity contribution in [2.75, 3.05) is 0 Å².